The first kappa shape index (κ1) is 15.0. The van der Waals surface area contributed by atoms with Gasteiger partial charge in [-0.05, 0) is 23.3 Å². The molecule has 0 aliphatic heterocycles. The Labute approximate surface area is 144 Å². The highest BCUT2D eigenvalue weighted by Gasteiger charge is 2.30. The SMILES string of the molecule is COC(=O)c1nn(Cc2ccc(Cl)cc2)c2c1Cc1ccccc1-2. The van der Waals surface area contributed by atoms with E-state index in [1.54, 1.807) is 0 Å². The smallest absolute Gasteiger partial charge is 0.358 e. The van der Waals surface area contributed by atoms with Crippen molar-refractivity contribution in [3.05, 3.63) is 75.9 Å². The Bertz CT molecular complexity index is 929. The topological polar surface area (TPSA) is 44.1 Å². The maximum absolute atomic E-state index is 12.1. The molecule has 0 amide bonds. The van der Waals surface area contributed by atoms with Crippen LogP contribution in [0.15, 0.2) is 48.5 Å². The Balaban J connectivity index is 1.83. The Hall–Kier alpha value is -2.59. The predicted molar refractivity (Wildman–Crippen MR) is 92.4 cm³/mol. The van der Waals surface area contributed by atoms with Crippen molar-refractivity contribution in [2.45, 2.75) is 13.0 Å². The van der Waals surface area contributed by atoms with Crippen LogP contribution in [0.1, 0.15) is 27.2 Å². The van der Waals surface area contributed by atoms with E-state index < -0.39 is 5.97 Å². The van der Waals surface area contributed by atoms with E-state index in [0.29, 0.717) is 23.7 Å². The zero-order valence-electron chi connectivity index (χ0n) is 13.1. The van der Waals surface area contributed by atoms with Crippen LogP contribution in [0.25, 0.3) is 11.3 Å². The van der Waals surface area contributed by atoms with E-state index in [1.165, 1.54) is 12.7 Å². The number of ether oxygens (including phenoxy) is 1. The minimum absolute atomic E-state index is 0.395. The van der Waals surface area contributed by atoms with Crippen LogP contribution in [0.3, 0.4) is 0 Å². The molecule has 0 spiro atoms. The molecule has 0 saturated carbocycles. The summed E-state index contributed by atoms with van der Waals surface area (Å²) >= 11 is 5.96. The highest BCUT2D eigenvalue weighted by molar-refractivity contribution is 6.30. The molecular weight excluding hydrogens is 324 g/mol. The van der Waals surface area contributed by atoms with Gasteiger partial charge in [-0.2, -0.15) is 5.10 Å². The molecule has 24 heavy (non-hydrogen) atoms. The lowest BCUT2D eigenvalue weighted by Crippen LogP contribution is -2.08. The third-order valence-corrected chi connectivity index (χ3v) is 4.57. The fraction of sp³-hybridized carbons (Fsp3) is 0.158. The van der Waals surface area contributed by atoms with Crippen LogP contribution < -0.4 is 0 Å². The van der Waals surface area contributed by atoms with Crippen LogP contribution >= 0.6 is 11.6 Å². The maximum Gasteiger partial charge on any atom is 0.358 e. The molecule has 4 nitrogen and oxygen atoms in total. The number of hydrogen-bond acceptors (Lipinski definition) is 3. The number of aromatic nitrogens is 2. The van der Waals surface area contributed by atoms with Gasteiger partial charge in [-0.3, -0.25) is 4.68 Å². The van der Waals surface area contributed by atoms with E-state index >= 15 is 0 Å². The van der Waals surface area contributed by atoms with Crippen molar-refractivity contribution in [3.63, 3.8) is 0 Å². The zero-order chi connectivity index (χ0) is 16.7. The van der Waals surface area contributed by atoms with Gasteiger partial charge in [0.1, 0.15) is 0 Å². The number of hydrogen-bond donors (Lipinski definition) is 0. The summed E-state index contributed by atoms with van der Waals surface area (Å²) < 4.78 is 6.79. The third-order valence-electron chi connectivity index (χ3n) is 4.31. The fourth-order valence-electron chi connectivity index (χ4n) is 3.20. The molecule has 0 bridgehead atoms. The molecule has 0 atom stereocenters. The van der Waals surface area contributed by atoms with E-state index in [2.05, 4.69) is 17.2 Å². The van der Waals surface area contributed by atoms with Crippen LogP contribution in [-0.2, 0) is 17.7 Å². The van der Waals surface area contributed by atoms with Crippen molar-refractivity contribution in [2.75, 3.05) is 7.11 Å². The molecule has 1 heterocycles. The Morgan fingerprint density at radius 3 is 2.71 bits per heavy atom. The van der Waals surface area contributed by atoms with Gasteiger partial charge in [-0.1, -0.05) is 48.0 Å². The monoisotopic (exact) mass is 338 g/mol. The van der Waals surface area contributed by atoms with Gasteiger partial charge in [0.05, 0.1) is 19.3 Å². The average molecular weight is 339 g/mol. The summed E-state index contributed by atoms with van der Waals surface area (Å²) in [7, 11) is 1.38. The molecular formula is C19H15ClN2O2. The first-order valence-corrected chi connectivity index (χ1v) is 8.06. The van der Waals surface area contributed by atoms with Crippen LogP contribution in [0.4, 0.5) is 0 Å². The van der Waals surface area contributed by atoms with Crippen molar-refractivity contribution >= 4 is 17.6 Å². The first-order valence-electron chi connectivity index (χ1n) is 7.68. The van der Waals surface area contributed by atoms with Gasteiger partial charge >= 0.3 is 5.97 Å². The lowest BCUT2D eigenvalue weighted by molar-refractivity contribution is 0.0592. The van der Waals surface area contributed by atoms with E-state index in [4.69, 9.17) is 16.3 Å². The molecule has 0 radical (unpaired) electrons. The molecule has 0 fully saturated rings. The summed E-state index contributed by atoms with van der Waals surface area (Å²) in [5.41, 5.74) is 5.75. The molecule has 1 aliphatic rings. The van der Waals surface area contributed by atoms with Crippen molar-refractivity contribution in [1.29, 1.82) is 0 Å². The maximum atomic E-state index is 12.1. The van der Waals surface area contributed by atoms with Crippen LogP contribution in [0.2, 0.25) is 5.02 Å². The summed E-state index contributed by atoms with van der Waals surface area (Å²) in [6.45, 7) is 0.574. The van der Waals surface area contributed by atoms with Crippen molar-refractivity contribution in [1.82, 2.24) is 9.78 Å². The highest BCUT2D eigenvalue weighted by atomic mass is 35.5. The van der Waals surface area contributed by atoms with Crippen LogP contribution in [0, 0.1) is 0 Å². The van der Waals surface area contributed by atoms with Gasteiger partial charge < -0.3 is 4.74 Å². The van der Waals surface area contributed by atoms with Gasteiger partial charge in [-0.15, -0.1) is 0 Å². The fourth-order valence-corrected chi connectivity index (χ4v) is 3.33. The van der Waals surface area contributed by atoms with E-state index in [0.717, 1.165) is 22.4 Å². The molecule has 5 heteroatoms. The predicted octanol–water partition coefficient (Wildman–Crippen LogP) is 3.94. The molecule has 0 saturated heterocycles. The molecule has 0 unspecified atom stereocenters. The first-order chi connectivity index (χ1) is 11.7. The van der Waals surface area contributed by atoms with E-state index in [9.17, 15) is 4.79 Å². The van der Waals surface area contributed by atoms with Gasteiger partial charge in [0.25, 0.3) is 0 Å². The molecule has 120 valence electrons. The Morgan fingerprint density at radius 2 is 1.96 bits per heavy atom. The number of fused-ring (bicyclic) bond motifs is 3. The number of rotatable bonds is 3. The van der Waals surface area contributed by atoms with Gasteiger partial charge in [0.15, 0.2) is 5.69 Å². The summed E-state index contributed by atoms with van der Waals surface area (Å²) in [5, 5.41) is 5.23. The van der Waals surface area contributed by atoms with Crippen molar-refractivity contribution in [2.24, 2.45) is 0 Å². The highest BCUT2D eigenvalue weighted by Crippen LogP contribution is 2.38. The molecule has 1 aromatic heterocycles. The standard InChI is InChI=1S/C19H15ClN2O2/c1-24-19(23)17-16-10-13-4-2-3-5-15(13)18(16)22(21-17)11-12-6-8-14(20)9-7-12/h2-9H,10-11H2,1H3. The number of benzene rings is 2. The second-order valence-corrected chi connectivity index (χ2v) is 6.22. The number of methoxy groups -OCH3 is 1. The van der Waals surface area contributed by atoms with Crippen LogP contribution in [0.5, 0.6) is 0 Å². The normalized spacial score (nSPS) is 11.9. The number of nitrogens with zero attached hydrogens (tertiary/aromatic N) is 2. The second kappa shape index (κ2) is 5.80. The molecule has 0 N–H and O–H groups in total. The van der Waals surface area contributed by atoms with Gasteiger partial charge in [0, 0.05) is 22.6 Å². The van der Waals surface area contributed by atoms with Gasteiger partial charge in [0.2, 0.25) is 0 Å². The van der Waals surface area contributed by atoms with E-state index in [-0.39, 0.29) is 0 Å². The van der Waals surface area contributed by atoms with Gasteiger partial charge in [-0.25, -0.2) is 4.79 Å². The average Bonchev–Trinajstić information content (AvgIpc) is 3.14. The largest absolute Gasteiger partial charge is 0.464 e. The number of halogens is 1. The Morgan fingerprint density at radius 1 is 1.21 bits per heavy atom. The van der Waals surface area contributed by atoms with E-state index in [1.807, 2.05) is 41.1 Å². The van der Waals surface area contributed by atoms with Crippen molar-refractivity contribution in [3.8, 4) is 11.3 Å². The second-order valence-electron chi connectivity index (χ2n) is 5.79. The number of esters is 1. The summed E-state index contributed by atoms with van der Waals surface area (Å²) in [6, 6.07) is 15.8. The van der Waals surface area contributed by atoms with Crippen LogP contribution in [-0.4, -0.2) is 22.9 Å². The molecule has 3 aromatic rings. The molecule has 2 aromatic carbocycles. The third kappa shape index (κ3) is 2.39. The molecule has 1 aliphatic carbocycles. The number of carbonyl (C=O) groups is 1. The lowest BCUT2D eigenvalue weighted by Gasteiger charge is -2.08. The minimum Gasteiger partial charge on any atom is -0.464 e. The zero-order valence-corrected chi connectivity index (χ0v) is 13.9. The lowest BCUT2D eigenvalue weighted by atomic mass is 10.1. The summed E-state index contributed by atoms with van der Waals surface area (Å²) in [5.74, 6) is -0.395. The number of carbonyl (C=O) groups excluding carboxylic acids is 1. The quantitative estimate of drug-likeness (QED) is 0.531. The summed E-state index contributed by atoms with van der Waals surface area (Å²) in [4.78, 5) is 12.1. The summed E-state index contributed by atoms with van der Waals surface area (Å²) in [6.07, 6.45) is 0.705. The molecule has 4 rings (SSSR count). The minimum atomic E-state index is -0.395. The Kier molecular flexibility index (Phi) is 3.62. The van der Waals surface area contributed by atoms with Crippen molar-refractivity contribution < 1.29 is 9.53 Å².